The number of benzene rings is 1. The molecule has 0 spiro atoms. The average Bonchev–Trinajstić information content (AvgIpc) is 2.50. The van der Waals surface area contributed by atoms with Crippen LogP contribution in [0, 0.1) is 18.8 Å². The lowest BCUT2D eigenvalue weighted by Crippen LogP contribution is -2.36. The van der Waals surface area contributed by atoms with Crippen LogP contribution in [0.2, 0.25) is 0 Å². The summed E-state index contributed by atoms with van der Waals surface area (Å²) in [6.45, 7) is 11.7. The van der Waals surface area contributed by atoms with E-state index in [4.69, 9.17) is 0 Å². The molecule has 2 rings (SSSR count). The highest BCUT2D eigenvalue weighted by Gasteiger charge is 2.24. The molecule has 0 radical (unpaired) electrons. The normalized spacial score (nSPS) is 16.9. The van der Waals surface area contributed by atoms with Crippen molar-refractivity contribution < 1.29 is 0 Å². The largest absolute Gasteiger partial charge is 0.372 e. The fraction of sp³-hybridized carbons (Fsp3) is 0.684. The predicted octanol–water partition coefficient (Wildman–Crippen LogP) is 5.21. The molecule has 0 N–H and O–H groups in total. The van der Waals surface area contributed by atoms with Crippen LogP contribution in [0.4, 0.5) is 5.69 Å². The Hall–Kier alpha value is -0.980. The second kappa shape index (κ2) is 7.15. The number of hydrogen-bond acceptors (Lipinski definition) is 1. The number of rotatable bonds is 5. The Bertz CT molecular complexity index is 412. The molecule has 1 aliphatic rings. The quantitative estimate of drug-likeness (QED) is 0.712. The third-order valence-electron chi connectivity index (χ3n) is 5.33. The zero-order valence-electron chi connectivity index (χ0n) is 13.8. The Morgan fingerprint density at radius 3 is 2.30 bits per heavy atom. The van der Waals surface area contributed by atoms with Gasteiger partial charge in [-0.15, -0.1) is 0 Å². The van der Waals surface area contributed by atoms with Crippen LogP contribution in [0.25, 0.3) is 0 Å². The Morgan fingerprint density at radius 1 is 1.10 bits per heavy atom. The molecule has 0 amide bonds. The molecular formula is C19H31N. The van der Waals surface area contributed by atoms with Crippen molar-refractivity contribution in [3.63, 3.8) is 0 Å². The van der Waals surface area contributed by atoms with Crippen molar-refractivity contribution in [2.24, 2.45) is 11.8 Å². The van der Waals surface area contributed by atoms with Crippen LogP contribution in [0.1, 0.15) is 57.6 Å². The minimum atomic E-state index is 0.946. The molecule has 1 nitrogen and oxygen atoms in total. The van der Waals surface area contributed by atoms with E-state index in [1.807, 2.05) is 0 Å². The lowest BCUT2D eigenvalue weighted by atomic mass is 9.81. The van der Waals surface area contributed by atoms with Gasteiger partial charge in [-0.25, -0.2) is 0 Å². The molecule has 0 aromatic heterocycles. The molecule has 1 saturated heterocycles. The van der Waals surface area contributed by atoms with Gasteiger partial charge >= 0.3 is 0 Å². The Kier molecular flexibility index (Phi) is 5.51. The third kappa shape index (κ3) is 3.37. The molecule has 0 atom stereocenters. The number of aryl methyl sites for hydroxylation is 2. The Balaban J connectivity index is 2.00. The second-order valence-corrected chi connectivity index (χ2v) is 6.37. The first-order valence-electron chi connectivity index (χ1n) is 8.54. The van der Waals surface area contributed by atoms with Gasteiger partial charge in [-0.1, -0.05) is 39.7 Å². The van der Waals surface area contributed by atoms with E-state index in [-0.39, 0.29) is 0 Å². The molecule has 1 heterocycles. The highest BCUT2D eigenvalue weighted by Crippen LogP contribution is 2.32. The van der Waals surface area contributed by atoms with E-state index < -0.39 is 0 Å². The minimum Gasteiger partial charge on any atom is -0.372 e. The molecule has 1 fully saturated rings. The molecule has 1 aromatic carbocycles. The maximum atomic E-state index is 2.59. The highest BCUT2D eigenvalue weighted by atomic mass is 15.1. The number of hydrogen-bond donors (Lipinski definition) is 0. The first-order chi connectivity index (χ1) is 9.69. The van der Waals surface area contributed by atoms with Crippen LogP contribution in [0.15, 0.2) is 18.2 Å². The van der Waals surface area contributed by atoms with Gasteiger partial charge in [-0.05, 0) is 61.3 Å². The van der Waals surface area contributed by atoms with Crippen LogP contribution >= 0.6 is 0 Å². The summed E-state index contributed by atoms with van der Waals surface area (Å²) in [7, 11) is 0. The van der Waals surface area contributed by atoms with Crippen LogP contribution in [-0.2, 0) is 6.42 Å². The van der Waals surface area contributed by atoms with Crippen molar-refractivity contribution in [2.45, 2.75) is 59.8 Å². The van der Waals surface area contributed by atoms with E-state index in [1.54, 1.807) is 0 Å². The summed E-state index contributed by atoms with van der Waals surface area (Å²) in [6.07, 6.45) is 6.60. The van der Waals surface area contributed by atoms with Crippen LogP contribution in [0.5, 0.6) is 0 Å². The van der Waals surface area contributed by atoms with Gasteiger partial charge in [-0.3, -0.25) is 0 Å². The molecule has 1 aliphatic heterocycles. The molecule has 1 heteroatoms. The molecule has 112 valence electrons. The topological polar surface area (TPSA) is 3.24 Å². The summed E-state index contributed by atoms with van der Waals surface area (Å²) in [6, 6.07) is 7.01. The third-order valence-corrected chi connectivity index (χ3v) is 5.33. The summed E-state index contributed by atoms with van der Waals surface area (Å²) in [5, 5.41) is 0. The van der Waals surface area contributed by atoms with Gasteiger partial charge in [0.15, 0.2) is 0 Å². The number of piperidine rings is 1. The number of anilines is 1. The van der Waals surface area contributed by atoms with Crippen molar-refractivity contribution in [3.8, 4) is 0 Å². The first-order valence-corrected chi connectivity index (χ1v) is 8.54. The smallest absolute Gasteiger partial charge is 0.0369 e. The van der Waals surface area contributed by atoms with Gasteiger partial charge in [0.25, 0.3) is 0 Å². The summed E-state index contributed by atoms with van der Waals surface area (Å²) < 4.78 is 0. The zero-order chi connectivity index (χ0) is 14.5. The minimum absolute atomic E-state index is 0.946. The molecule has 1 aromatic rings. The molecule has 0 unspecified atom stereocenters. The molecular weight excluding hydrogens is 242 g/mol. The van der Waals surface area contributed by atoms with Crippen LogP contribution in [0.3, 0.4) is 0 Å². The van der Waals surface area contributed by atoms with Crippen molar-refractivity contribution in [2.75, 3.05) is 18.0 Å². The molecule has 0 aliphatic carbocycles. The second-order valence-electron chi connectivity index (χ2n) is 6.37. The monoisotopic (exact) mass is 273 g/mol. The first kappa shape index (κ1) is 15.4. The van der Waals surface area contributed by atoms with Gasteiger partial charge in [0.2, 0.25) is 0 Å². The van der Waals surface area contributed by atoms with E-state index in [0.717, 1.165) is 18.3 Å². The average molecular weight is 273 g/mol. The van der Waals surface area contributed by atoms with Crippen molar-refractivity contribution in [1.82, 2.24) is 0 Å². The van der Waals surface area contributed by atoms with E-state index >= 15 is 0 Å². The fourth-order valence-corrected chi connectivity index (χ4v) is 3.82. The van der Waals surface area contributed by atoms with Crippen molar-refractivity contribution in [3.05, 3.63) is 29.3 Å². The number of nitrogens with zero attached hydrogens (tertiary/aromatic N) is 1. The van der Waals surface area contributed by atoms with E-state index in [2.05, 4.69) is 50.8 Å². The fourth-order valence-electron chi connectivity index (χ4n) is 3.82. The zero-order valence-corrected chi connectivity index (χ0v) is 13.8. The predicted molar refractivity (Wildman–Crippen MR) is 89.6 cm³/mol. The van der Waals surface area contributed by atoms with Gasteiger partial charge < -0.3 is 4.90 Å². The lowest BCUT2D eigenvalue weighted by Gasteiger charge is -2.37. The Morgan fingerprint density at radius 2 is 1.75 bits per heavy atom. The Labute approximate surface area is 125 Å². The maximum Gasteiger partial charge on any atom is 0.0369 e. The van der Waals surface area contributed by atoms with Crippen molar-refractivity contribution in [1.29, 1.82) is 0 Å². The van der Waals surface area contributed by atoms with Crippen LogP contribution < -0.4 is 4.90 Å². The molecule has 0 saturated carbocycles. The summed E-state index contributed by atoms with van der Waals surface area (Å²) in [4.78, 5) is 2.59. The van der Waals surface area contributed by atoms with Gasteiger partial charge in [-0.2, -0.15) is 0 Å². The summed E-state index contributed by atoms with van der Waals surface area (Å²) >= 11 is 0. The van der Waals surface area contributed by atoms with E-state index in [1.165, 1.54) is 55.6 Å². The lowest BCUT2D eigenvalue weighted by molar-refractivity contribution is 0.260. The van der Waals surface area contributed by atoms with Crippen molar-refractivity contribution >= 4 is 5.69 Å². The highest BCUT2D eigenvalue weighted by molar-refractivity contribution is 5.51. The van der Waals surface area contributed by atoms with E-state index in [9.17, 15) is 0 Å². The van der Waals surface area contributed by atoms with Gasteiger partial charge in [0.1, 0.15) is 0 Å². The summed E-state index contributed by atoms with van der Waals surface area (Å²) in [5.74, 6) is 1.90. The standard InChI is InChI=1S/C19H31N/c1-5-16(6-2)18-10-12-20(13-11-18)19-9-8-15(4)17(7-3)14-19/h8-9,14,16,18H,5-7,10-13H2,1-4H3. The SMILES string of the molecule is CCc1cc(N2CCC(C(CC)CC)CC2)ccc1C. The summed E-state index contributed by atoms with van der Waals surface area (Å²) in [5.41, 5.74) is 4.38. The van der Waals surface area contributed by atoms with Crippen LogP contribution in [-0.4, -0.2) is 13.1 Å². The van der Waals surface area contributed by atoms with Gasteiger partial charge in [0.05, 0.1) is 0 Å². The van der Waals surface area contributed by atoms with Gasteiger partial charge in [0, 0.05) is 18.8 Å². The molecule has 20 heavy (non-hydrogen) atoms. The van der Waals surface area contributed by atoms with E-state index in [0.29, 0.717) is 0 Å². The maximum absolute atomic E-state index is 2.59. The molecule has 0 bridgehead atoms.